The van der Waals surface area contributed by atoms with Crippen LogP contribution in [0.25, 0.3) is 0 Å². The molecule has 0 spiro atoms. The fourth-order valence-electron chi connectivity index (χ4n) is 3.26. The van der Waals surface area contributed by atoms with Crippen LogP contribution in [0.1, 0.15) is 11.1 Å². The number of amides is 1. The third-order valence-corrected chi connectivity index (χ3v) is 8.16. The number of carbonyl (C=O) groups excluding carboxylic acids is 1. The van der Waals surface area contributed by atoms with E-state index in [1.54, 1.807) is 41.8 Å². The highest BCUT2D eigenvalue weighted by molar-refractivity contribution is 7.91. The molecule has 0 aliphatic carbocycles. The number of fused-ring (bicyclic) bond motifs is 1. The summed E-state index contributed by atoms with van der Waals surface area (Å²) in [6.07, 6.45) is 0.320. The Labute approximate surface area is 172 Å². The number of carbonyl (C=O) groups is 1. The number of benzene rings is 2. The summed E-state index contributed by atoms with van der Waals surface area (Å²) in [5.74, 6) is -0.364. The maximum absolute atomic E-state index is 13.2. The second-order valence-electron chi connectivity index (χ2n) is 6.47. The van der Waals surface area contributed by atoms with Crippen molar-refractivity contribution in [3.8, 4) is 0 Å². The molecule has 0 bridgehead atoms. The van der Waals surface area contributed by atoms with E-state index >= 15 is 0 Å². The molecule has 2 heterocycles. The maximum atomic E-state index is 13.2. The number of hydrogen-bond acceptors (Lipinski definition) is 4. The van der Waals surface area contributed by atoms with Gasteiger partial charge in [-0.15, -0.1) is 11.3 Å². The van der Waals surface area contributed by atoms with Crippen LogP contribution in [0.2, 0.25) is 5.02 Å². The van der Waals surface area contributed by atoms with Crippen LogP contribution in [-0.4, -0.2) is 24.7 Å². The number of hydrogen-bond donors (Lipinski definition) is 1. The van der Waals surface area contributed by atoms with Gasteiger partial charge in [0.05, 0.1) is 0 Å². The monoisotopic (exact) mass is 432 g/mol. The zero-order chi connectivity index (χ0) is 19.7. The molecule has 1 unspecified atom stereocenters. The first-order valence-electron chi connectivity index (χ1n) is 8.64. The zero-order valence-corrected chi connectivity index (χ0v) is 17.1. The molecule has 144 valence electrons. The Kier molecular flexibility index (Phi) is 5.25. The molecule has 0 fully saturated rings. The van der Waals surface area contributed by atoms with Crippen LogP contribution in [0.15, 0.2) is 70.3 Å². The van der Waals surface area contributed by atoms with Crippen LogP contribution in [0.4, 0.5) is 5.69 Å². The summed E-state index contributed by atoms with van der Waals surface area (Å²) in [5, 5.41) is 5.09. The molecule has 5 nitrogen and oxygen atoms in total. The summed E-state index contributed by atoms with van der Waals surface area (Å²) in [4.78, 5) is 13.0. The van der Waals surface area contributed by atoms with Gasteiger partial charge in [0.25, 0.3) is 10.0 Å². The predicted octanol–water partition coefficient (Wildman–Crippen LogP) is 4.16. The van der Waals surface area contributed by atoms with Gasteiger partial charge < -0.3 is 5.32 Å². The third-order valence-electron chi connectivity index (χ3n) is 4.68. The fourth-order valence-corrected chi connectivity index (χ4v) is 6.07. The highest BCUT2D eigenvalue weighted by Crippen LogP contribution is 2.31. The van der Waals surface area contributed by atoms with Crippen LogP contribution in [0.5, 0.6) is 0 Å². The van der Waals surface area contributed by atoms with E-state index in [-0.39, 0.29) is 16.7 Å². The van der Waals surface area contributed by atoms with Crippen molar-refractivity contribution in [1.29, 1.82) is 0 Å². The van der Waals surface area contributed by atoms with E-state index in [2.05, 4.69) is 5.32 Å². The molecule has 1 amide bonds. The molecule has 1 N–H and O–H groups in total. The molecule has 0 saturated carbocycles. The molecule has 3 aromatic rings. The minimum absolute atomic E-state index is 0.162. The second-order valence-corrected chi connectivity index (χ2v) is 9.97. The van der Waals surface area contributed by atoms with E-state index in [0.717, 1.165) is 22.5 Å². The van der Waals surface area contributed by atoms with E-state index in [4.69, 9.17) is 11.6 Å². The lowest BCUT2D eigenvalue weighted by atomic mass is 9.95. The summed E-state index contributed by atoms with van der Waals surface area (Å²) in [6, 6.07) is 16.8. The van der Waals surface area contributed by atoms with Crippen molar-refractivity contribution in [1.82, 2.24) is 4.31 Å². The highest BCUT2D eigenvalue weighted by atomic mass is 35.5. The van der Waals surface area contributed by atoms with Gasteiger partial charge in [-0.25, -0.2) is 8.42 Å². The van der Waals surface area contributed by atoms with Crippen LogP contribution in [0, 0.1) is 0 Å². The largest absolute Gasteiger partial charge is 0.325 e. The number of nitrogens with one attached hydrogen (secondary N) is 1. The molecule has 4 rings (SSSR count). The zero-order valence-electron chi connectivity index (χ0n) is 14.7. The van der Waals surface area contributed by atoms with E-state index in [1.165, 1.54) is 4.31 Å². The molecule has 0 saturated heterocycles. The lowest BCUT2D eigenvalue weighted by Crippen LogP contribution is -2.50. The standard InChI is InChI=1S/C20H17ClN2O3S2/c21-16-7-9-17(10-8-16)22-20(24)18-12-14-4-1-2-5-15(14)13-23(18)28(25,26)19-6-3-11-27-19/h1-11,18H,12-13H2,(H,22,24). The van der Waals surface area contributed by atoms with Crippen molar-refractivity contribution < 1.29 is 13.2 Å². The smallest absolute Gasteiger partial charge is 0.253 e. The lowest BCUT2D eigenvalue weighted by molar-refractivity contribution is -0.120. The Bertz CT molecular complexity index is 1100. The molecule has 1 atom stereocenters. The van der Waals surface area contributed by atoms with Crippen LogP contribution in [0.3, 0.4) is 0 Å². The first kappa shape index (κ1) is 19.1. The fraction of sp³-hybridized carbons (Fsp3) is 0.150. The Morgan fingerprint density at radius 1 is 1.04 bits per heavy atom. The highest BCUT2D eigenvalue weighted by Gasteiger charge is 2.40. The Morgan fingerprint density at radius 3 is 2.43 bits per heavy atom. The van der Waals surface area contributed by atoms with Crippen molar-refractivity contribution in [2.24, 2.45) is 0 Å². The lowest BCUT2D eigenvalue weighted by Gasteiger charge is -2.34. The average molecular weight is 433 g/mol. The average Bonchev–Trinajstić information content (AvgIpc) is 3.24. The van der Waals surface area contributed by atoms with Crippen molar-refractivity contribution in [3.05, 3.63) is 82.2 Å². The molecule has 28 heavy (non-hydrogen) atoms. The topological polar surface area (TPSA) is 66.5 Å². The number of thiophene rings is 1. The van der Waals surface area contributed by atoms with Gasteiger partial charge in [0.1, 0.15) is 10.3 Å². The Morgan fingerprint density at radius 2 is 1.75 bits per heavy atom. The summed E-state index contributed by atoms with van der Waals surface area (Å²) in [7, 11) is -3.78. The third kappa shape index (κ3) is 3.71. The van der Waals surface area contributed by atoms with Crippen molar-refractivity contribution in [3.63, 3.8) is 0 Å². The predicted molar refractivity (Wildman–Crippen MR) is 111 cm³/mol. The molecule has 0 radical (unpaired) electrons. The van der Waals surface area contributed by atoms with Crippen molar-refractivity contribution in [2.75, 3.05) is 5.32 Å². The maximum Gasteiger partial charge on any atom is 0.253 e. The summed E-state index contributed by atoms with van der Waals surface area (Å²) >= 11 is 7.04. The van der Waals surface area contributed by atoms with Gasteiger partial charge in [-0.05, 0) is 53.3 Å². The molecule has 1 aliphatic heterocycles. The van der Waals surface area contributed by atoms with Crippen LogP contribution in [-0.2, 0) is 27.8 Å². The Hall–Kier alpha value is -2.19. The van der Waals surface area contributed by atoms with Crippen molar-refractivity contribution in [2.45, 2.75) is 23.2 Å². The summed E-state index contributed by atoms with van der Waals surface area (Å²) < 4.78 is 27.9. The van der Waals surface area contributed by atoms with Crippen molar-refractivity contribution >= 4 is 44.6 Å². The number of anilines is 1. The van der Waals surface area contributed by atoms with E-state index in [1.807, 2.05) is 24.3 Å². The SMILES string of the molecule is O=C(Nc1ccc(Cl)cc1)C1Cc2ccccc2CN1S(=O)(=O)c1cccs1. The molecule has 8 heteroatoms. The van der Waals surface area contributed by atoms with Crippen LogP contribution >= 0.6 is 22.9 Å². The molecule has 1 aliphatic rings. The minimum Gasteiger partial charge on any atom is -0.325 e. The second kappa shape index (κ2) is 7.67. The van der Waals surface area contributed by atoms with Gasteiger partial charge in [-0.1, -0.05) is 41.9 Å². The van der Waals surface area contributed by atoms with Gasteiger partial charge in [-0.3, -0.25) is 4.79 Å². The number of rotatable bonds is 4. The number of halogens is 1. The van der Waals surface area contributed by atoms with Gasteiger partial charge in [0, 0.05) is 17.3 Å². The van der Waals surface area contributed by atoms with E-state index in [9.17, 15) is 13.2 Å². The van der Waals surface area contributed by atoms with E-state index < -0.39 is 16.1 Å². The quantitative estimate of drug-likeness (QED) is 0.673. The minimum atomic E-state index is -3.78. The molecular formula is C20H17ClN2O3S2. The van der Waals surface area contributed by atoms with E-state index in [0.29, 0.717) is 17.1 Å². The summed E-state index contributed by atoms with van der Waals surface area (Å²) in [5.41, 5.74) is 2.47. The van der Waals surface area contributed by atoms with Gasteiger partial charge in [0.2, 0.25) is 5.91 Å². The first-order chi connectivity index (χ1) is 13.4. The van der Waals surface area contributed by atoms with Gasteiger partial charge in [0.15, 0.2) is 0 Å². The van der Waals surface area contributed by atoms with Gasteiger partial charge >= 0.3 is 0 Å². The Balaban J connectivity index is 1.69. The molecular weight excluding hydrogens is 416 g/mol. The first-order valence-corrected chi connectivity index (χ1v) is 11.3. The van der Waals surface area contributed by atoms with Crippen LogP contribution < -0.4 is 5.32 Å². The van der Waals surface area contributed by atoms with Gasteiger partial charge in [-0.2, -0.15) is 4.31 Å². The number of nitrogens with zero attached hydrogens (tertiary/aromatic N) is 1. The molecule has 1 aromatic heterocycles. The normalized spacial score (nSPS) is 17.1. The molecule has 2 aromatic carbocycles. The number of sulfonamides is 1. The summed E-state index contributed by atoms with van der Waals surface area (Å²) in [6.45, 7) is 0.162.